The van der Waals surface area contributed by atoms with Crippen molar-refractivity contribution in [2.45, 2.75) is 45.4 Å². The maximum atomic E-state index is 12.6. The topological polar surface area (TPSA) is 121 Å². The van der Waals surface area contributed by atoms with Gasteiger partial charge in [0.2, 0.25) is 0 Å². The molecule has 2 heterocycles. The van der Waals surface area contributed by atoms with Crippen LogP contribution in [-0.4, -0.2) is 52.9 Å². The van der Waals surface area contributed by atoms with E-state index in [1.807, 2.05) is 37.3 Å². The predicted octanol–water partition coefficient (Wildman–Crippen LogP) is -3.17. The van der Waals surface area contributed by atoms with Crippen LogP contribution >= 0.6 is 24.0 Å². The molecule has 3 rings (SSSR count). The molecule has 1 aromatic carbocycles. The number of fused-ring (bicyclic) bond motifs is 1. The summed E-state index contributed by atoms with van der Waals surface area (Å²) in [5.41, 5.74) is 3.72. The number of para-hydroxylation sites is 1. The summed E-state index contributed by atoms with van der Waals surface area (Å²) in [6.45, 7) is 6.16. The molecule has 1 aromatic rings. The fourth-order valence-corrected chi connectivity index (χ4v) is 6.15. The minimum Gasteiger partial charge on any atom is -0.748 e. The third-order valence-corrected chi connectivity index (χ3v) is 8.33. The van der Waals surface area contributed by atoms with Crippen LogP contribution in [0.15, 0.2) is 58.7 Å². The van der Waals surface area contributed by atoms with Gasteiger partial charge in [0.1, 0.15) is 4.32 Å². The van der Waals surface area contributed by atoms with Crippen molar-refractivity contribution in [1.82, 2.24) is 4.90 Å². The molecule has 1 fully saturated rings. The van der Waals surface area contributed by atoms with Crippen LogP contribution in [0.5, 0.6) is 0 Å². The van der Waals surface area contributed by atoms with Gasteiger partial charge in [0, 0.05) is 29.1 Å². The molecule has 0 saturated carbocycles. The quantitative estimate of drug-likeness (QED) is 0.0871. The molecule has 2 aliphatic heterocycles. The van der Waals surface area contributed by atoms with E-state index in [1.54, 1.807) is 6.08 Å². The first-order chi connectivity index (χ1) is 16.8. The smallest absolute Gasteiger partial charge is 0.748 e. The second-order valence-corrected chi connectivity index (χ2v) is 12.2. The number of unbranched alkanes of at least 4 members (excludes halogenated alkanes) is 1. The van der Waals surface area contributed by atoms with Crippen molar-refractivity contribution in [2.24, 2.45) is 0 Å². The van der Waals surface area contributed by atoms with E-state index < -0.39 is 28.5 Å². The molecule has 0 atom stereocenters. The molecular weight excluding hydrogens is 599 g/mol. The summed E-state index contributed by atoms with van der Waals surface area (Å²) in [5.74, 6) is -2.22. The molecule has 13 heteroatoms. The molecule has 1 saturated heterocycles. The summed E-state index contributed by atoms with van der Waals surface area (Å²) in [4.78, 5) is 27.1. The minimum atomic E-state index is -4.25. The van der Waals surface area contributed by atoms with Gasteiger partial charge in [-0.15, -0.1) is 0 Å². The molecule has 0 N–H and O–H groups in total. The van der Waals surface area contributed by atoms with Crippen LogP contribution in [0.2, 0.25) is 0 Å². The number of carboxylic acid groups (broad SMARTS) is 1. The number of hydrogen-bond acceptors (Lipinski definition) is 9. The van der Waals surface area contributed by atoms with Crippen molar-refractivity contribution in [3.05, 3.63) is 64.2 Å². The number of thioether (sulfide) groups is 1. The standard InChI is InChI=1S/C25H30N2O6S3.2K/c1-4-17(15-20-23(30)27(16-22(28)29)24(34)35-20)11-12-21-25(2,3)18-9-5-6-10-19(18)26(21)13-7-8-14-36(31,32)33;;/h5-6,9-12,15H,4,7-8,13-14,16H2,1-3H3,(H,28,29)(H,31,32,33);;/q;2*+1/p-2/b17-11+,20-15+,21-12-;;. The number of allylic oxidation sites excluding steroid dienone is 5. The fraction of sp³-hybridized carbons (Fsp3) is 0.400. The predicted molar refractivity (Wildman–Crippen MR) is 142 cm³/mol. The Bertz CT molecular complexity index is 1280. The number of amides is 1. The number of aliphatic carboxylic acids is 1. The SMILES string of the molecule is CCC(=C\C=C1/N(CCCCS(=O)(=O)[O-])c2ccccc2C1(C)C)/C=C1/SC(=S)N(CC(=O)[O-])C1=O.[K+].[K+]. The van der Waals surface area contributed by atoms with E-state index in [4.69, 9.17) is 12.2 Å². The Morgan fingerprint density at radius 2 is 1.82 bits per heavy atom. The Labute approximate surface area is 319 Å². The molecule has 194 valence electrons. The van der Waals surface area contributed by atoms with E-state index in [0.717, 1.165) is 39.2 Å². The van der Waals surface area contributed by atoms with E-state index in [1.165, 1.54) is 0 Å². The largest absolute Gasteiger partial charge is 1.00 e. The van der Waals surface area contributed by atoms with Gasteiger partial charge in [0.25, 0.3) is 5.91 Å². The van der Waals surface area contributed by atoms with Crippen LogP contribution in [0.3, 0.4) is 0 Å². The number of carboxylic acids is 1. The third kappa shape index (κ3) is 9.41. The Kier molecular flexibility index (Phi) is 15.4. The summed E-state index contributed by atoms with van der Waals surface area (Å²) >= 11 is 6.22. The molecule has 8 nitrogen and oxygen atoms in total. The summed E-state index contributed by atoms with van der Waals surface area (Å²) < 4.78 is 33.2. The van der Waals surface area contributed by atoms with Crippen molar-refractivity contribution in [1.29, 1.82) is 0 Å². The number of rotatable bonds is 10. The summed E-state index contributed by atoms with van der Waals surface area (Å²) in [5, 5.41) is 10.9. The van der Waals surface area contributed by atoms with E-state index >= 15 is 0 Å². The number of thiocarbonyl (C=S) groups is 1. The Balaban J connectivity index is 0.00000361. The monoisotopic (exact) mass is 626 g/mol. The number of benzene rings is 1. The van der Waals surface area contributed by atoms with Gasteiger partial charge in [0.05, 0.1) is 27.5 Å². The van der Waals surface area contributed by atoms with Gasteiger partial charge in [0.15, 0.2) is 0 Å². The van der Waals surface area contributed by atoms with Crippen LogP contribution in [0.1, 0.15) is 45.6 Å². The Hall–Kier alpha value is 0.803. The third-order valence-electron chi connectivity index (χ3n) is 6.17. The summed E-state index contributed by atoms with van der Waals surface area (Å²) in [6, 6.07) is 8.02. The summed E-state index contributed by atoms with van der Waals surface area (Å²) in [6.07, 6.45) is 7.11. The van der Waals surface area contributed by atoms with Gasteiger partial charge in [-0.1, -0.05) is 69.0 Å². The molecule has 1 amide bonds. The van der Waals surface area contributed by atoms with Crippen LogP contribution < -0.4 is 113 Å². The summed E-state index contributed by atoms with van der Waals surface area (Å²) in [7, 11) is -4.25. The van der Waals surface area contributed by atoms with E-state index in [0.29, 0.717) is 24.3 Å². The molecule has 0 spiro atoms. The van der Waals surface area contributed by atoms with Gasteiger partial charge in [-0.3, -0.25) is 9.69 Å². The van der Waals surface area contributed by atoms with Crippen LogP contribution in [0, 0.1) is 0 Å². The van der Waals surface area contributed by atoms with Gasteiger partial charge < -0.3 is 19.4 Å². The van der Waals surface area contributed by atoms with E-state index in [2.05, 4.69) is 24.8 Å². The maximum absolute atomic E-state index is 12.6. The average Bonchev–Trinajstić information content (AvgIpc) is 3.17. The molecule has 0 bridgehead atoms. The first kappa shape index (κ1) is 36.8. The van der Waals surface area contributed by atoms with Crippen molar-refractivity contribution in [3.63, 3.8) is 0 Å². The first-order valence-electron chi connectivity index (χ1n) is 11.5. The van der Waals surface area contributed by atoms with Gasteiger partial charge in [-0.05, 0) is 48.6 Å². The van der Waals surface area contributed by atoms with Crippen LogP contribution in [0.4, 0.5) is 5.69 Å². The molecule has 0 aliphatic carbocycles. The van der Waals surface area contributed by atoms with Crippen molar-refractivity contribution < 1.29 is 130 Å². The molecule has 2 aliphatic rings. The van der Waals surface area contributed by atoms with Gasteiger partial charge >= 0.3 is 103 Å². The number of nitrogens with zero attached hydrogens (tertiary/aromatic N) is 2. The van der Waals surface area contributed by atoms with Crippen LogP contribution in [0.25, 0.3) is 0 Å². The molecule has 0 unspecified atom stereocenters. The normalized spacial score (nSPS) is 19.0. The molecule has 0 aromatic heterocycles. The van der Waals surface area contributed by atoms with Gasteiger partial charge in [-0.2, -0.15) is 0 Å². The Morgan fingerprint density at radius 1 is 1.16 bits per heavy atom. The van der Waals surface area contributed by atoms with Gasteiger partial charge in [-0.25, -0.2) is 8.42 Å². The average molecular weight is 627 g/mol. The maximum Gasteiger partial charge on any atom is 1.00 e. The van der Waals surface area contributed by atoms with Crippen molar-refractivity contribution in [3.8, 4) is 0 Å². The van der Waals surface area contributed by atoms with Crippen molar-refractivity contribution >= 4 is 56.0 Å². The first-order valence-corrected chi connectivity index (χ1v) is 14.3. The van der Waals surface area contributed by atoms with Crippen molar-refractivity contribution in [2.75, 3.05) is 23.7 Å². The van der Waals surface area contributed by atoms with E-state index in [-0.39, 0.29) is 125 Å². The molecule has 38 heavy (non-hydrogen) atoms. The molecular formula is C25H28K2N2O6S3. The fourth-order valence-electron chi connectivity index (χ4n) is 4.32. The second-order valence-electron chi connectivity index (χ2n) is 9.05. The zero-order valence-electron chi connectivity index (χ0n) is 22.4. The number of carbonyl (C=O) groups is 2. The minimum absolute atomic E-state index is 0. The number of hydrogen-bond donors (Lipinski definition) is 0. The second kappa shape index (κ2) is 15.9. The zero-order valence-corrected chi connectivity index (χ0v) is 31.0. The number of anilines is 1. The van der Waals surface area contributed by atoms with Crippen LogP contribution in [-0.2, 0) is 25.1 Å². The zero-order chi connectivity index (χ0) is 26.7. The number of carbonyl (C=O) groups excluding carboxylic acids is 2. The molecule has 0 radical (unpaired) electrons. The van der Waals surface area contributed by atoms with E-state index in [9.17, 15) is 27.7 Å². The Morgan fingerprint density at radius 3 is 2.42 bits per heavy atom.